The fourth-order valence-corrected chi connectivity index (χ4v) is 5.33. The van der Waals surface area contributed by atoms with Crippen LogP contribution in [0.2, 0.25) is 0 Å². The molecule has 0 saturated carbocycles. The lowest BCUT2D eigenvalue weighted by atomic mass is 10.1. The average molecular weight is 588 g/mol. The van der Waals surface area contributed by atoms with Crippen molar-refractivity contribution in [1.82, 2.24) is 4.57 Å². The zero-order valence-corrected chi connectivity index (χ0v) is 25.7. The fraction of sp³-hybridized carbons (Fsp3) is 0.256. The van der Waals surface area contributed by atoms with Crippen molar-refractivity contribution in [1.29, 1.82) is 0 Å². The van der Waals surface area contributed by atoms with Crippen molar-refractivity contribution in [3.05, 3.63) is 144 Å². The number of rotatable bonds is 15. The molecule has 0 fully saturated rings. The number of carbonyl (C=O) groups excluding carboxylic acids is 1. The first-order chi connectivity index (χ1) is 21.6. The highest BCUT2D eigenvalue weighted by Gasteiger charge is 2.22. The summed E-state index contributed by atoms with van der Waals surface area (Å²) in [6.45, 7) is 5.84. The molecule has 1 aromatic heterocycles. The van der Waals surface area contributed by atoms with Crippen molar-refractivity contribution in [2.24, 2.45) is 0 Å². The van der Waals surface area contributed by atoms with Crippen LogP contribution in [0.1, 0.15) is 35.7 Å². The Bertz CT molecular complexity index is 1580. The maximum Gasteiger partial charge on any atom is 0.347 e. The van der Waals surface area contributed by atoms with Gasteiger partial charge in [-0.05, 0) is 104 Å². The van der Waals surface area contributed by atoms with E-state index < -0.39 is 6.10 Å². The number of esters is 1. The number of aryl methyl sites for hydroxylation is 3. The van der Waals surface area contributed by atoms with Gasteiger partial charge in [-0.1, -0.05) is 72.8 Å². The summed E-state index contributed by atoms with van der Waals surface area (Å²) < 4.78 is 19.8. The molecule has 5 rings (SSSR count). The molecule has 5 nitrogen and oxygen atoms in total. The van der Waals surface area contributed by atoms with Crippen molar-refractivity contribution < 1.29 is 19.0 Å². The maximum absolute atomic E-state index is 12.6. The highest BCUT2D eigenvalue weighted by molar-refractivity contribution is 5.75. The molecular formula is C39H41NO4. The Balaban J connectivity index is 1.16. The van der Waals surface area contributed by atoms with Crippen LogP contribution in [0.4, 0.5) is 0 Å². The molecule has 0 aliphatic rings. The van der Waals surface area contributed by atoms with E-state index in [1.807, 2.05) is 55.5 Å². The van der Waals surface area contributed by atoms with E-state index in [1.54, 1.807) is 0 Å². The third-order valence-corrected chi connectivity index (χ3v) is 7.71. The van der Waals surface area contributed by atoms with Gasteiger partial charge < -0.3 is 18.8 Å². The van der Waals surface area contributed by atoms with Crippen LogP contribution in [0, 0.1) is 6.92 Å². The van der Waals surface area contributed by atoms with Crippen LogP contribution in [0.15, 0.2) is 121 Å². The van der Waals surface area contributed by atoms with Crippen LogP contribution in [0.25, 0.3) is 11.3 Å². The predicted molar refractivity (Wildman–Crippen MR) is 176 cm³/mol. The number of hydrogen-bond donors (Lipinski definition) is 0. The predicted octanol–water partition coefficient (Wildman–Crippen LogP) is 8.27. The molecule has 0 saturated heterocycles. The molecule has 0 amide bonds. The number of benzene rings is 4. The first-order valence-corrected chi connectivity index (χ1v) is 15.5. The van der Waals surface area contributed by atoms with Gasteiger partial charge in [0.1, 0.15) is 11.5 Å². The van der Waals surface area contributed by atoms with Crippen LogP contribution < -0.4 is 9.47 Å². The SMILES string of the molecule is CCOC(=O)[C@@H](Cc1ccccc1)Oc1ccc(-c2ccc(C)n2CCc2ccc(OCCCc3ccccc3)cc2)cc1. The van der Waals surface area contributed by atoms with Gasteiger partial charge in [0.25, 0.3) is 0 Å². The van der Waals surface area contributed by atoms with Gasteiger partial charge in [-0.2, -0.15) is 0 Å². The number of nitrogens with zero attached hydrogens (tertiary/aromatic N) is 1. The molecule has 1 atom stereocenters. The average Bonchev–Trinajstić information content (AvgIpc) is 3.43. The topological polar surface area (TPSA) is 49.7 Å². The normalized spacial score (nSPS) is 11.6. The molecule has 5 aromatic rings. The molecule has 0 unspecified atom stereocenters. The molecule has 0 aliphatic carbocycles. The van der Waals surface area contributed by atoms with E-state index in [0.29, 0.717) is 25.4 Å². The summed E-state index contributed by atoms with van der Waals surface area (Å²) in [7, 11) is 0. The van der Waals surface area contributed by atoms with Crippen LogP contribution >= 0.6 is 0 Å². The fourth-order valence-electron chi connectivity index (χ4n) is 5.33. The molecule has 0 N–H and O–H groups in total. The maximum atomic E-state index is 12.6. The van der Waals surface area contributed by atoms with E-state index in [2.05, 4.69) is 84.3 Å². The molecule has 1 heterocycles. The molecule has 0 bridgehead atoms. The van der Waals surface area contributed by atoms with E-state index in [1.165, 1.54) is 16.8 Å². The van der Waals surface area contributed by atoms with E-state index in [-0.39, 0.29) is 5.97 Å². The largest absolute Gasteiger partial charge is 0.494 e. The van der Waals surface area contributed by atoms with Crippen molar-refractivity contribution in [3.63, 3.8) is 0 Å². The van der Waals surface area contributed by atoms with Gasteiger partial charge >= 0.3 is 5.97 Å². The molecule has 5 heteroatoms. The molecule has 0 aliphatic heterocycles. The first kappa shape index (κ1) is 30.7. The Morgan fingerprint density at radius 3 is 2.02 bits per heavy atom. The molecule has 4 aromatic carbocycles. The Hall–Kier alpha value is -4.77. The van der Waals surface area contributed by atoms with Gasteiger partial charge in [0.2, 0.25) is 0 Å². The lowest BCUT2D eigenvalue weighted by Gasteiger charge is -2.18. The molecule has 44 heavy (non-hydrogen) atoms. The summed E-state index contributed by atoms with van der Waals surface area (Å²) in [6, 6.07) is 41.1. The smallest absolute Gasteiger partial charge is 0.347 e. The highest BCUT2D eigenvalue weighted by atomic mass is 16.6. The van der Waals surface area contributed by atoms with Gasteiger partial charge in [0, 0.05) is 24.4 Å². The zero-order chi connectivity index (χ0) is 30.6. The molecule has 226 valence electrons. The number of aromatic nitrogens is 1. The van der Waals surface area contributed by atoms with Crippen molar-refractivity contribution in [2.75, 3.05) is 13.2 Å². The van der Waals surface area contributed by atoms with Crippen LogP contribution in [0.3, 0.4) is 0 Å². The summed E-state index contributed by atoms with van der Waals surface area (Å²) in [6.07, 6.45) is 2.67. The Morgan fingerprint density at radius 2 is 1.34 bits per heavy atom. The summed E-state index contributed by atoms with van der Waals surface area (Å²) in [5.41, 5.74) is 7.10. The second-order valence-electron chi connectivity index (χ2n) is 10.9. The Morgan fingerprint density at radius 1 is 0.705 bits per heavy atom. The zero-order valence-electron chi connectivity index (χ0n) is 25.7. The Labute approximate surface area is 261 Å². The van der Waals surface area contributed by atoms with Gasteiger partial charge in [0.05, 0.1) is 13.2 Å². The minimum absolute atomic E-state index is 0.315. The number of hydrogen-bond acceptors (Lipinski definition) is 4. The minimum Gasteiger partial charge on any atom is -0.494 e. The van der Waals surface area contributed by atoms with Crippen molar-refractivity contribution in [2.45, 2.75) is 52.2 Å². The van der Waals surface area contributed by atoms with E-state index in [9.17, 15) is 4.79 Å². The second kappa shape index (κ2) is 15.6. The van der Waals surface area contributed by atoms with Crippen molar-refractivity contribution in [3.8, 4) is 22.8 Å². The van der Waals surface area contributed by atoms with E-state index in [0.717, 1.165) is 48.4 Å². The van der Waals surface area contributed by atoms with E-state index >= 15 is 0 Å². The molecule has 0 spiro atoms. The molecular weight excluding hydrogens is 546 g/mol. The summed E-state index contributed by atoms with van der Waals surface area (Å²) in [4.78, 5) is 12.6. The standard InChI is InChI=1S/C39H41NO4/c1-3-42-39(41)38(29-33-13-8-5-9-14-33)44-36-23-19-34(20-24-36)37-25-16-30(2)40(37)27-26-32-17-21-35(22-18-32)43-28-10-15-31-11-6-4-7-12-31/h4-9,11-14,16-25,38H,3,10,15,26-29H2,1-2H3/t38-/m1/s1. The summed E-state index contributed by atoms with van der Waals surface area (Å²) in [5, 5.41) is 0. The van der Waals surface area contributed by atoms with E-state index in [4.69, 9.17) is 14.2 Å². The van der Waals surface area contributed by atoms with Crippen LogP contribution in [-0.2, 0) is 35.3 Å². The molecule has 0 radical (unpaired) electrons. The lowest BCUT2D eigenvalue weighted by molar-refractivity contribution is -0.151. The monoisotopic (exact) mass is 587 g/mol. The van der Waals surface area contributed by atoms with Gasteiger partial charge in [0.15, 0.2) is 6.10 Å². The number of carbonyl (C=O) groups is 1. The van der Waals surface area contributed by atoms with Gasteiger partial charge in [-0.25, -0.2) is 4.79 Å². The first-order valence-electron chi connectivity index (χ1n) is 15.5. The van der Waals surface area contributed by atoms with Gasteiger partial charge in [-0.15, -0.1) is 0 Å². The van der Waals surface area contributed by atoms with Gasteiger partial charge in [-0.3, -0.25) is 0 Å². The third kappa shape index (κ3) is 8.63. The third-order valence-electron chi connectivity index (χ3n) is 7.71. The Kier molecular flexibility index (Phi) is 10.9. The highest BCUT2D eigenvalue weighted by Crippen LogP contribution is 2.26. The van der Waals surface area contributed by atoms with Crippen LogP contribution in [-0.4, -0.2) is 29.9 Å². The number of ether oxygens (including phenoxy) is 3. The quantitative estimate of drug-likeness (QED) is 0.0914. The minimum atomic E-state index is -0.708. The lowest BCUT2D eigenvalue weighted by Crippen LogP contribution is -2.31. The summed E-state index contributed by atoms with van der Waals surface area (Å²) >= 11 is 0. The van der Waals surface area contributed by atoms with Crippen molar-refractivity contribution >= 4 is 5.97 Å². The second-order valence-corrected chi connectivity index (χ2v) is 10.9. The summed E-state index contributed by atoms with van der Waals surface area (Å²) in [5.74, 6) is 1.20. The van der Waals surface area contributed by atoms with Crippen LogP contribution in [0.5, 0.6) is 11.5 Å².